The summed E-state index contributed by atoms with van der Waals surface area (Å²) in [6, 6.07) is 2.72. The van der Waals surface area contributed by atoms with Gasteiger partial charge in [0.25, 0.3) is 5.91 Å². The highest BCUT2D eigenvalue weighted by atomic mass is 19.4. The van der Waals surface area contributed by atoms with Gasteiger partial charge in [-0.15, -0.1) is 0 Å². The average molecular weight is 288 g/mol. The van der Waals surface area contributed by atoms with Crippen molar-refractivity contribution in [2.45, 2.75) is 25.6 Å². The molecule has 1 aliphatic heterocycles. The number of nitrogens with two attached hydrogens (primary N) is 1. The molecule has 0 spiro atoms. The molecular weight excluding hydrogens is 273 g/mol. The number of alkyl halides is 3. The van der Waals surface area contributed by atoms with Crippen LogP contribution in [0.3, 0.4) is 0 Å². The molecule has 2 rings (SSSR count). The molecule has 0 aromatic heterocycles. The Morgan fingerprint density at radius 2 is 2.15 bits per heavy atom. The van der Waals surface area contributed by atoms with E-state index >= 15 is 0 Å². The minimum absolute atomic E-state index is 0.0297. The highest BCUT2D eigenvalue weighted by Crippen LogP contribution is 2.32. The minimum Gasteiger partial charge on any atom is -0.398 e. The fraction of sp³-hybridized carbons (Fsp3) is 0.462. The first kappa shape index (κ1) is 14.6. The van der Waals surface area contributed by atoms with Crippen molar-refractivity contribution < 1.29 is 22.7 Å². The van der Waals surface area contributed by atoms with E-state index in [9.17, 15) is 18.0 Å². The summed E-state index contributed by atoms with van der Waals surface area (Å²) in [6.07, 6.45) is -3.79. The molecule has 0 aliphatic carbocycles. The Bertz CT molecular complexity index is 517. The lowest BCUT2D eigenvalue weighted by Gasteiger charge is -2.33. The van der Waals surface area contributed by atoms with E-state index in [2.05, 4.69) is 0 Å². The summed E-state index contributed by atoms with van der Waals surface area (Å²) in [5.74, 6) is -0.413. The molecule has 110 valence electrons. The maximum atomic E-state index is 12.5. The molecular formula is C13H15F3N2O2. The van der Waals surface area contributed by atoms with Gasteiger partial charge in [-0.2, -0.15) is 13.2 Å². The molecule has 1 amide bonds. The molecule has 0 radical (unpaired) electrons. The van der Waals surface area contributed by atoms with E-state index in [4.69, 9.17) is 10.5 Å². The molecule has 4 nitrogen and oxygen atoms in total. The Hall–Kier alpha value is -1.76. The van der Waals surface area contributed by atoms with E-state index < -0.39 is 17.6 Å². The van der Waals surface area contributed by atoms with Crippen LogP contribution in [0, 0.1) is 0 Å². The van der Waals surface area contributed by atoms with Crippen molar-refractivity contribution >= 4 is 11.6 Å². The molecule has 1 aliphatic rings. The topological polar surface area (TPSA) is 55.6 Å². The van der Waals surface area contributed by atoms with E-state index in [1.165, 1.54) is 4.90 Å². The van der Waals surface area contributed by atoms with Crippen LogP contribution in [0.2, 0.25) is 0 Å². The van der Waals surface area contributed by atoms with Gasteiger partial charge in [0, 0.05) is 11.7 Å². The zero-order valence-electron chi connectivity index (χ0n) is 10.9. The minimum atomic E-state index is -4.47. The number of halogens is 3. The van der Waals surface area contributed by atoms with Crippen molar-refractivity contribution in [3.8, 4) is 0 Å². The van der Waals surface area contributed by atoms with Gasteiger partial charge in [0.1, 0.15) is 6.73 Å². The number of hydrogen-bond acceptors (Lipinski definition) is 3. The number of benzene rings is 1. The SMILES string of the molecule is CC1CCOCN1C(=O)c1ccc(C(F)(F)F)cc1N. The lowest BCUT2D eigenvalue weighted by molar-refractivity contribution is -0.137. The summed E-state index contributed by atoms with van der Waals surface area (Å²) in [4.78, 5) is 13.7. The molecule has 7 heteroatoms. The standard InChI is InChI=1S/C13H15F3N2O2/c1-8-4-5-20-7-18(8)12(19)10-3-2-9(6-11(10)17)13(14,15)16/h2-3,6,8H,4-5,7,17H2,1H3. The van der Waals surface area contributed by atoms with Crippen LogP contribution in [-0.2, 0) is 10.9 Å². The van der Waals surface area contributed by atoms with Crippen LogP contribution >= 0.6 is 0 Å². The van der Waals surface area contributed by atoms with Crippen LogP contribution in [0.1, 0.15) is 29.3 Å². The first-order chi connectivity index (χ1) is 9.30. The Morgan fingerprint density at radius 1 is 1.45 bits per heavy atom. The summed E-state index contributed by atoms with van der Waals surface area (Å²) in [5.41, 5.74) is 4.60. The molecule has 1 aromatic rings. The van der Waals surface area contributed by atoms with Gasteiger partial charge in [0.15, 0.2) is 0 Å². The van der Waals surface area contributed by atoms with Crippen LogP contribution in [0.5, 0.6) is 0 Å². The van der Waals surface area contributed by atoms with Crippen molar-refractivity contribution in [1.29, 1.82) is 0 Å². The fourth-order valence-electron chi connectivity index (χ4n) is 2.05. The number of nitrogens with zero attached hydrogens (tertiary/aromatic N) is 1. The summed E-state index contributed by atoms with van der Waals surface area (Å²) >= 11 is 0. The van der Waals surface area contributed by atoms with Gasteiger partial charge in [-0.05, 0) is 31.5 Å². The second-order valence-corrected chi connectivity index (χ2v) is 4.75. The molecule has 1 atom stereocenters. The zero-order chi connectivity index (χ0) is 14.9. The number of anilines is 1. The van der Waals surface area contributed by atoms with Crippen molar-refractivity contribution in [2.75, 3.05) is 19.1 Å². The van der Waals surface area contributed by atoms with Crippen LogP contribution in [0.15, 0.2) is 18.2 Å². The van der Waals surface area contributed by atoms with E-state index in [0.717, 1.165) is 18.2 Å². The zero-order valence-corrected chi connectivity index (χ0v) is 10.9. The van der Waals surface area contributed by atoms with E-state index in [0.29, 0.717) is 13.0 Å². The summed E-state index contributed by atoms with van der Waals surface area (Å²) in [6.45, 7) is 2.55. The normalized spacial score (nSPS) is 20.0. The summed E-state index contributed by atoms with van der Waals surface area (Å²) in [7, 11) is 0. The van der Waals surface area contributed by atoms with Gasteiger partial charge < -0.3 is 15.4 Å². The monoisotopic (exact) mass is 288 g/mol. The summed E-state index contributed by atoms with van der Waals surface area (Å²) in [5, 5.41) is 0. The van der Waals surface area contributed by atoms with Crippen LogP contribution in [0.4, 0.5) is 18.9 Å². The number of ether oxygens (including phenoxy) is 1. The molecule has 1 saturated heterocycles. The average Bonchev–Trinajstić information content (AvgIpc) is 2.37. The lowest BCUT2D eigenvalue weighted by atomic mass is 10.1. The number of hydrogen-bond donors (Lipinski definition) is 1. The first-order valence-corrected chi connectivity index (χ1v) is 6.16. The Balaban J connectivity index is 2.26. The van der Waals surface area contributed by atoms with Crippen molar-refractivity contribution in [1.82, 2.24) is 4.90 Å². The van der Waals surface area contributed by atoms with Gasteiger partial charge in [0.05, 0.1) is 17.7 Å². The number of carbonyl (C=O) groups excluding carboxylic acids is 1. The second kappa shape index (κ2) is 5.32. The lowest BCUT2D eigenvalue weighted by Crippen LogP contribution is -2.44. The number of carbonyl (C=O) groups is 1. The van der Waals surface area contributed by atoms with Crippen molar-refractivity contribution in [3.05, 3.63) is 29.3 Å². The molecule has 1 fully saturated rings. The van der Waals surface area contributed by atoms with Gasteiger partial charge in [-0.1, -0.05) is 0 Å². The van der Waals surface area contributed by atoms with Crippen LogP contribution < -0.4 is 5.73 Å². The van der Waals surface area contributed by atoms with Gasteiger partial charge in [-0.25, -0.2) is 0 Å². The van der Waals surface area contributed by atoms with Gasteiger partial charge in [-0.3, -0.25) is 4.79 Å². The third-order valence-corrected chi connectivity index (χ3v) is 3.31. The number of nitrogen functional groups attached to an aromatic ring is 1. The Labute approximate surface area is 114 Å². The van der Waals surface area contributed by atoms with E-state index in [1.807, 2.05) is 6.92 Å². The highest BCUT2D eigenvalue weighted by molar-refractivity contribution is 5.99. The maximum Gasteiger partial charge on any atom is 0.416 e. The Kier molecular flexibility index (Phi) is 3.89. The molecule has 0 bridgehead atoms. The second-order valence-electron chi connectivity index (χ2n) is 4.75. The van der Waals surface area contributed by atoms with Gasteiger partial charge >= 0.3 is 6.18 Å². The molecule has 0 saturated carbocycles. The predicted molar refractivity (Wildman–Crippen MR) is 66.9 cm³/mol. The van der Waals surface area contributed by atoms with E-state index in [-0.39, 0.29) is 24.0 Å². The van der Waals surface area contributed by atoms with Crippen molar-refractivity contribution in [2.24, 2.45) is 0 Å². The third kappa shape index (κ3) is 2.87. The van der Waals surface area contributed by atoms with E-state index in [1.54, 1.807) is 0 Å². The van der Waals surface area contributed by atoms with Crippen LogP contribution in [0.25, 0.3) is 0 Å². The quantitative estimate of drug-likeness (QED) is 0.808. The molecule has 1 aromatic carbocycles. The molecule has 1 heterocycles. The predicted octanol–water partition coefficient (Wildman–Crippen LogP) is 2.50. The largest absolute Gasteiger partial charge is 0.416 e. The van der Waals surface area contributed by atoms with Crippen LogP contribution in [-0.4, -0.2) is 30.2 Å². The highest BCUT2D eigenvalue weighted by Gasteiger charge is 2.32. The third-order valence-electron chi connectivity index (χ3n) is 3.31. The van der Waals surface area contributed by atoms with Gasteiger partial charge in [0.2, 0.25) is 0 Å². The van der Waals surface area contributed by atoms with Crippen molar-refractivity contribution in [3.63, 3.8) is 0 Å². The fourth-order valence-corrected chi connectivity index (χ4v) is 2.05. The Morgan fingerprint density at radius 3 is 2.70 bits per heavy atom. The number of amides is 1. The molecule has 1 unspecified atom stereocenters. The summed E-state index contributed by atoms with van der Waals surface area (Å²) < 4.78 is 42.8. The first-order valence-electron chi connectivity index (χ1n) is 6.16. The smallest absolute Gasteiger partial charge is 0.398 e. The molecule has 2 N–H and O–H groups in total. The molecule has 20 heavy (non-hydrogen) atoms. The maximum absolute atomic E-state index is 12.5. The number of rotatable bonds is 1.